The third-order valence-corrected chi connectivity index (χ3v) is 12.6. The van der Waals surface area contributed by atoms with E-state index < -0.39 is 17.3 Å². The molecule has 0 amide bonds. The Balaban J connectivity index is -0.000000949. The SMILES string of the molecule is C.CCC(COS(=O)(=O)c1ccc(C)cc1)Cc1ccccc1.Fc1ccc(OCC(COc2ccc(F)cc2I)Cc2ccccc2)c(I)c1.O=CO[O-].Oc1ccc(F)cc1I.[2H]CF.[H-].[K+].[K+]. The molecule has 9 nitrogen and oxygen atoms in total. The van der Waals surface area contributed by atoms with Gasteiger partial charge in [-0.2, -0.15) is 8.42 Å². The maximum Gasteiger partial charge on any atom is 1.00 e. The molecule has 0 bridgehead atoms. The molecule has 0 heterocycles. The van der Waals surface area contributed by atoms with Crippen molar-refractivity contribution in [3.05, 3.63) is 184 Å². The summed E-state index contributed by atoms with van der Waals surface area (Å²) in [5.74, 6) is 0.785. The topological polar surface area (TPSA) is 131 Å². The molecule has 1 atom stereocenters. The second-order valence-electron chi connectivity index (χ2n) is 13.6. The number of carbonyl (C=O) groups excluding carboxylic acids is 1. The molecule has 68 heavy (non-hydrogen) atoms. The Kier molecular flexibility index (Phi) is 39.3. The monoisotopic (exact) mass is 1350 g/mol. The zero-order valence-corrected chi connectivity index (χ0v) is 50.8. The summed E-state index contributed by atoms with van der Waals surface area (Å²) in [6.45, 7) is 4.85. The Morgan fingerprint density at radius 3 is 1.46 bits per heavy atom. The number of halogens is 7. The van der Waals surface area contributed by atoms with Crippen molar-refractivity contribution in [3.63, 3.8) is 0 Å². The van der Waals surface area contributed by atoms with Gasteiger partial charge in [0.15, 0.2) is 0 Å². The van der Waals surface area contributed by atoms with E-state index in [1.807, 2.05) is 65.9 Å². The van der Waals surface area contributed by atoms with Crippen LogP contribution in [0, 0.1) is 46.9 Å². The van der Waals surface area contributed by atoms with E-state index in [9.17, 15) is 26.0 Å². The van der Waals surface area contributed by atoms with Gasteiger partial charge in [-0.15, -0.1) is 0 Å². The van der Waals surface area contributed by atoms with Crippen LogP contribution in [0.1, 0.15) is 40.3 Å². The summed E-state index contributed by atoms with van der Waals surface area (Å²) >= 11 is 5.98. The quantitative estimate of drug-likeness (QED) is 0.0224. The largest absolute Gasteiger partial charge is 1.00 e. The average Bonchev–Trinajstić information content (AvgIpc) is 3.30. The number of ether oxygens (including phenoxy) is 2. The van der Waals surface area contributed by atoms with Gasteiger partial charge in [0, 0.05) is 5.92 Å². The summed E-state index contributed by atoms with van der Waals surface area (Å²) in [4.78, 5) is 11.5. The van der Waals surface area contributed by atoms with Crippen LogP contribution >= 0.6 is 67.8 Å². The minimum Gasteiger partial charge on any atom is -1.00 e. The first-order valence-electron chi connectivity index (χ1n) is 20.2. The Labute approximate surface area is 527 Å². The van der Waals surface area contributed by atoms with Crippen LogP contribution in [0.3, 0.4) is 0 Å². The van der Waals surface area contributed by atoms with E-state index in [4.69, 9.17) is 30.2 Å². The van der Waals surface area contributed by atoms with Crippen molar-refractivity contribution < 1.29 is 165 Å². The van der Waals surface area contributed by atoms with Crippen molar-refractivity contribution in [1.82, 2.24) is 0 Å². The summed E-state index contributed by atoms with van der Waals surface area (Å²) in [6, 6.07) is 39.7. The van der Waals surface area contributed by atoms with Gasteiger partial charge in [0.25, 0.3) is 16.6 Å². The molecule has 360 valence electrons. The Morgan fingerprint density at radius 1 is 0.691 bits per heavy atom. The van der Waals surface area contributed by atoms with E-state index in [1.54, 1.807) is 36.4 Å². The van der Waals surface area contributed by atoms with Crippen molar-refractivity contribution >= 4 is 84.4 Å². The zero-order chi connectivity index (χ0) is 48.9. The Hall–Kier alpha value is -0.757. The van der Waals surface area contributed by atoms with Gasteiger partial charge in [0.1, 0.15) is 34.7 Å². The molecule has 1 unspecified atom stereocenters. The number of aromatic hydroxyl groups is 1. The second-order valence-corrected chi connectivity index (χ2v) is 18.7. The van der Waals surface area contributed by atoms with Gasteiger partial charge in [-0.05, 0) is 171 Å². The van der Waals surface area contributed by atoms with E-state index in [-0.39, 0.29) is 165 Å². The smallest absolute Gasteiger partial charge is 1.00 e. The third kappa shape index (κ3) is 28.5. The van der Waals surface area contributed by atoms with Crippen molar-refractivity contribution in [2.45, 2.75) is 45.4 Å². The van der Waals surface area contributed by atoms with E-state index >= 15 is 0 Å². The van der Waals surface area contributed by atoms with Crippen LogP contribution in [0.15, 0.2) is 144 Å². The summed E-state index contributed by atoms with van der Waals surface area (Å²) in [7, 11) is -4.67. The molecule has 6 aromatic carbocycles. The first-order valence-corrected chi connectivity index (χ1v) is 24.1. The van der Waals surface area contributed by atoms with E-state index in [2.05, 4.69) is 81.3 Å². The van der Waals surface area contributed by atoms with Crippen LogP contribution in [0.4, 0.5) is 17.6 Å². The predicted octanol–water partition coefficient (Wildman–Crippen LogP) is 6.37. The molecule has 0 saturated carbocycles. The van der Waals surface area contributed by atoms with Crippen molar-refractivity contribution in [2.75, 3.05) is 27.0 Å². The standard InChI is InChI=1S/C22H18F2I2O2.C18H22O3S.C6H4FIO.CH3F.CH2O3.CH4.2K.H/c23-17-6-8-21(19(25)11-17)27-13-16(10-15-4-2-1-3-5-15)14-28-22-9-7-18(24)12-20(22)26;1-3-16(13-17-7-5-4-6-8-17)14-21-22(19,20)18-11-9-15(2)10-12-18;7-4-1-2-6(9)5(8)3-4;1-2;2-1-4-3;;;;/h1-9,11-12,16H,10,13-14H2;4-12,16H,3,13-14H2,1-2H3;1-3,9H;1H3;1,3H;1H4;;;/q;;;;;;2*+1;-1/p-1/i;;;1D;;;;;. The van der Waals surface area contributed by atoms with Crippen LogP contribution in [-0.4, -0.2) is 47.0 Å². The van der Waals surface area contributed by atoms with Crippen LogP contribution in [0.5, 0.6) is 17.2 Å². The van der Waals surface area contributed by atoms with E-state index in [0.29, 0.717) is 28.3 Å². The maximum absolute atomic E-state index is 13.3. The molecule has 0 spiro atoms. The third-order valence-electron chi connectivity index (χ3n) is 8.77. The molecule has 0 radical (unpaired) electrons. The minimum atomic E-state index is -3.67. The number of benzene rings is 6. The van der Waals surface area contributed by atoms with Gasteiger partial charge in [-0.1, -0.05) is 99.1 Å². The van der Waals surface area contributed by atoms with Gasteiger partial charge in [0.2, 0.25) is 0 Å². The van der Waals surface area contributed by atoms with Crippen molar-refractivity contribution in [1.29, 1.82) is 0 Å². The zero-order valence-electron chi connectivity index (χ0n) is 39.2. The molecule has 6 rings (SSSR count). The minimum absolute atomic E-state index is 0. The van der Waals surface area contributed by atoms with Crippen LogP contribution in [-0.2, 0) is 36.8 Å². The van der Waals surface area contributed by atoms with Crippen LogP contribution < -0.4 is 118 Å². The number of phenols is 1. The molecule has 19 heteroatoms. The molecular formula is C49H53F4I3K2O9S. The first kappa shape index (κ1) is 67.2. The second kappa shape index (κ2) is 39.7. The fourth-order valence-electron chi connectivity index (χ4n) is 5.42. The summed E-state index contributed by atoms with van der Waals surface area (Å²) < 4.78 is 97.9. The fraction of sp³-hybridized carbons (Fsp3) is 0.245. The first-order chi connectivity index (χ1) is 31.5. The molecule has 0 aliphatic heterocycles. The predicted molar refractivity (Wildman–Crippen MR) is 274 cm³/mol. The molecule has 0 aliphatic rings. The van der Waals surface area contributed by atoms with Crippen molar-refractivity contribution in [2.24, 2.45) is 11.8 Å². The molecule has 0 aliphatic carbocycles. The van der Waals surface area contributed by atoms with Gasteiger partial charge >= 0.3 is 103 Å². The number of hydrogen-bond donors (Lipinski definition) is 1. The Bertz CT molecular complexity index is 2370. The summed E-state index contributed by atoms with van der Waals surface area (Å²) in [5.41, 5.74) is 3.41. The molecule has 0 saturated heterocycles. The van der Waals surface area contributed by atoms with Crippen molar-refractivity contribution in [3.8, 4) is 17.2 Å². The summed E-state index contributed by atoms with van der Waals surface area (Å²) in [6.07, 6.45) is 2.47. The number of aryl methyl sites for hydroxylation is 1. The van der Waals surface area contributed by atoms with Gasteiger partial charge in [0.05, 0.1) is 44.0 Å². The van der Waals surface area contributed by atoms with E-state index in [0.717, 1.165) is 32.0 Å². The van der Waals surface area contributed by atoms with Crippen LogP contribution in [0.25, 0.3) is 0 Å². The molecule has 0 aromatic heterocycles. The van der Waals surface area contributed by atoms with Gasteiger partial charge in [-0.25, -0.2) is 13.2 Å². The fourth-order valence-corrected chi connectivity index (χ4v) is 8.14. The van der Waals surface area contributed by atoms with Gasteiger partial charge in [-0.3, -0.25) is 13.4 Å². The van der Waals surface area contributed by atoms with Gasteiger partial charge < -0.3 is 26.2 Å². The summed E-state index contributed by atoms with van der Waals surface area (Å²) in [5, 5.41) is 17.3. The average molecular weight is 1350 g/mol. The molecule has 1 N–H and O–H groups in total. The molecular weight excluding hydrogens is 1300 g/mol. The van der Waals surface area contributed by atoms with E-state index in [1.165, 1.54) is 53.6 Å². The number of alkyl halides is 1. The molecule has 6 aromatic rings. The Morgan fingerprint density at radius 2 is 1.09 bits per heavy atom. The maximum atomic E-state index is 13.3. The molecule has 0 fully saturated rings. The number of phenolic OH excluding ortho intramolecular Hbond substituents is 1. The normalized spacial score (nSPS) is 10.5. The number of hydrogen-bond acceptors (Lipinski definition) is 9. The number of rotatable bonds is 16. The number of carbonyl (C=O) groups is 1. The van der Waals surface area contributed by atoms with Crippen LogP contribution in [0.2, 0.25) is 0 Å².